The molecule has 0 saturated carbocycles. The molecule has 0 radical (unpaired) electrons. The van der Waals surface area contributed by atoms with Gasteiger partial charge in [0.1, 0.15) is 0 Å². The molecule has 2 amide bonds. The van der Waals surface area contributed by atoms with Gasteiger partial charge in [0.2, 0.25) is 5.89 Å². The van der Waals surface area contributed by atoms with E-state index in [1.165, 1.54) is 16.3 Å². The summed E-state index contributed by atoms with van der Waals surface area (Å²) in [6, 6.07) is 14.5. The second-order valence-corrected chi connectivity index (χ2v) is 6.17. The first-order valence-electron chi connectivity index (χ1n) is 8.41. The van der Waals surface area contributed by atoms with Gasteiger partial charge in [-0.3, -0.25) is 0 Å². The smallest absolute Gasteiger partial charge is 0.315 e. The van der Waals surface area contributed by atoms with Crippen LogP contribution in [0.3, 0.4) is 0 Å². The number of hydrogen-bond acceptors (Lipinski definition) is 4. The van der Waals surface area contributed by atoms with Gasteiger partial charge in [-0.15, -0.1) is 0 Å². The van der Waals surface area contributed by atoms with Crippen molar-refractivity contribution >= 4 is 16.8 Å². The third-order valence-corrected chi connectivity index (χ3v) is 3.93. The highest BCUT2D eigenvalue weighted by molar-refractivity contribution is 5.83. The van der Waals surface area contributed by atoms with Crippen LogP contribution in [0.15, 0.2) is 47.0 Å². The fraction of sp³-hybridized carbons (Fsp3) is 0.316. The zero-order valence-electron chi connectivity index (χ0n) is 14.5. The van der Waals surface area contributed by atoms with Crippen molar-refractivity contribution in [1.82, 2.24) is 20.8 Å². The first kappa shape index (κ1) is 17.0. The minimum absolute atomic E-state index is 0.0341. The average Bonchev–Trinajstić information content (AvgIpc) is 3.00. The predicted molar refractivity (Wildman–Crippen MR) is 96.4 cm³/mol. The Labute approximate surface area is 146 Å². The van der Waals surface area contributed by atoms with E-state index in [0.29, 0.717) is 24.7 Å². The van der Waals surface area contributed by atoms with Gasteiger partial charge in [0.15, 0.2) is 5.82 Å². The lowest BCUT2D eigenvalue weighted by molar-refractivity contribution is 0.237. The molecule has 0 spiro atoms. The summed E-state index contributed by atoms with van der Waals surface area (Å²) in [7, 11) is 0. The molecular formula is C19H22N4O2. The molecular weight excluding hydrogens is 316 g/mol. The lowest BCUT2D eigenvalue weighted by Crippen LogP contribution is -2.42. The summed E-state index contributed by atoms with van der Waals surface area (Å²) >= 11 is 0. The molecule has 1 heterocycles. The number of benzene rings is 2. The van der Waals surface area contributed by atoms with Crippen LogP contribution in [0.1, 0.15) is 24.2 Å². The summed E-state index contributed by atoms with van der Waals surface area (Å²) in [6.07, 6.45) is 1.30. The number of carbonyl (C=O) groups is 1. The molecule has 0 saturated heterocycles. The molecule has 0 fully saturated rings. The van der Waals surface area contributed by atoms with Crippen LogP contribution < -0.4 is 10.6 Å². The van der Waals surface area contributed by atoms with Crippen molar-refractivity contribution < 1.29 is 9.32 Å². The normalized spacial score (nSPS) is 12.1. The Morgan fingerprint density at radius 3 is 2.76 bits per heavy atom. The molecule has 3 aromatic rings. The number of nitrogens with zero attached hydrogens (tertiary/aromatic N) is 2. The number of fused-ring (bicyclic) bond motifs is 1. The van der Waals surface area contributed by atoms with Crippen molar-refractivity contribution in [3.63, 3.8) is 0 Å². The quantitative estimate of drug-likeness (QED) is 0.724. The summed E-state index contributed by atoms with van der Waals surface area (Å²) < 4.78 is 5.01. The average molecular weight is 338 g/mol. The van der Waals surface area contributed by atoms with Crippen molar-refractivity contribution in [2.45, 2.75) is 32.7 Å². The van der Waals surface area contributed by atoms with E-state index in [1.54, 1.807) is 6.92 Å². The second kappa shape index (κ2) is 7.79. The van der Waals surface area contributed by atoms with Gasteiger partial charge in [0, 0.05) is 19.0 Å². The number of aryl methyl sites for hydroxylation is 1. The molecule has 0 aliphatic rings. The number of aromatic nitrogens is 2. The zero-order chi connectivity index (χ0) is 17.6. The van der Waals surface area contributed by atoms with Gasteiger partial charge in [-0.2, -0.15) is 4.98 Å². The summed E-state index contributed by atoms with van der Waals surface area (Å²) in [4.78, 5) is 16.1. The van der Waals surface area contributed by atoms with Crippen LogP contribution in [0.5, 0.6) is 0 Å². The van der Waals surface area contributed by atoms with Crippen LogP contribution in [0, 0.1) is 6.92 Å². The monoisotopic (exact) mass is 338 g/mol. The number of rotatable bonds is 6. The lowest BCUT2D eigenvalue weighted by atomic mass is 10.0. The summed E-state index contributed by atoms with van der Waals surface area (Å²) in [5.74, 6) is 1.13. The van der Waals surface area contributed by atoms with Gasteiger partial charge < -0.3 is 15.2 Å². The molecule has 0 unspecified atom stereocenters. The molecule has 25 heavy (non-hydrogen) atoms. The number of hydrogen-bond donors (Lipinski definition) is 2. The van der Waals surface area contributed by atoms with Crippen molar-refractivity contribution in [3.05, 3.63) is 59.7 Å². The van der Waals surface area contributed by atoms with E-state index in [4.69, 9.17) is 4.52 Å². The summed E-state index contributed by atoms with van der Waals surface area (Å²) in [6.45, 7) is 4.22. The van der Waals surface area contributed by atoms with Crippen LogP contribution in [0.2, 0.25) is 0 Å². The first-order chi connectivity index (χ1) is 12.1. The SMILES string of the molecule is Cc1noc(CCNC(=O)N[C@@H](C)Cc2ccc3ccccc3c2)n1. The van der Waals surface area contributed by atoms with Crippen molar-refractivity contribution in [1.29, 1.82) is 0 Å². The van der Waals surface area contributed by atoms with Gasteiger partial charge in [-0.05, 0) is 36.6 Å². The fourth-order valence-corrected chi connectivity index (χ4v) is 2.77. The Hall–Kier alpha value is -2.89. The van der Waals surface area contributed by atoms with Crippen LogP contribution in [0.25, 0.3) is 10.8 Å². The minimum atomic E-state index is -0.190. The number of nitrogens with one attached hydrogen (secondary N) is 2. The topological polar surface area (TPSA) is 80.0 Å². The third kappa shape index (κ3) is 4.79. The largest absolute Gasteiger partial charge is 0.339 e. The molecule has 6 nitrogen and oxygen atoms in total. The Balaban J connectivity index is 1.45. The Bertz CT molecular complexity index is 859. The predicted octanol–water partition coefficient (Wildman–Crippen LogP) is 3.00. The minimum Gasteiger partial charge on any atom is -0.339 e. The molecule has 2 aromatic carbocycles. The molecule has 6 heteroatoms. The lowest BCUT2D eigenvalue weighted by Gasteiger charge is -2.15. The molecule has 130 valence electrons. The van der Waals surface area contributed by atoms with Gasteiger partial charge in [0.05, 0.1) is 0 Å². The molecule has 0 aliphatic heterocycles. The number of urea groups is 1. The Kier molecular flexibility index (Phi) is 5.28. The van der Waals surface area contributed by atoms with E-state index >= 15 is 0 Å². The molecule has 3 rings (SSSR count). The highest BCUT2D eigenvalue weighted by Gasteiger charge is 2.09. The maximum absolute atomic E-state index is 12.0. The van der Waals surface area contributed by atoms with Crippen LogP contribution in [-0.2, 0) is 12.8 Å². The van der Waals surface area contributed by atoms with Gasteiger partial charge in [0.25, 0.3) is 0 Å². The van der Waals surface area contributed by atoms with Gasteiger partial charge in [-0.1, -0.05) is 47.6 Å². The highest BCUT2D eigenvalue weighted by Crippen LogP contribution is 2.16. The second-order valence-electron chi connectivity index (χ2n) is 6.17. The van der Waals surface area contributed by atoms with Crippen LogP contribution >= 0.6 is 0 Å². The standard InChI is InChI=1S/C19H22N4O2/c1-13(11-15-7-8-16-5-3-4-6-17(16)12-15)21-19(24)20-10-9-18-22-14(2)23-25-18/h3-8,12-13H,9-11H2,1-2H3,(H2,20,21,24)/t13-/m0/s1. The van der Waals surface area contributed by atoms with Crippen LogP contribution in [0.4, 0.5) is 4.79 Å². The van der Waals surface area contributed by atoms with E-state index in [-0.39, 0.29) is 12.1 Å². The van der Waals surface area contributed by atoms with Crippen molar-refractivity contribution in [2.75, 3.05) is 6.54 Å². The van der Waals surface area contributed by atoms with Crippen LogP contribution in [-0.4, -0.2) is 28.8 Å². The summed E-state index contributed by atoms with van der Waals surface area (Å²) in [5.41, 5.74) is 1.20. The van der Waals surface area contributed by atoms with Gasteiger partial charge >= 0.3 is 6.03 Å². The van der Waals surface area contributed by atoms with E-state index in [2.05, 4.69) is 51.1 Å². The van der Waals surface area contributed by atoms with Crippen molar-refractivity contribution in [3.8, 4) is 0 Å². The molecule has 0 bridgehead atoms. The van der Waals surface area contributed by atoms with E-state index in [0.717, 1.165) is 6.42 Å². The Morgan fingerprint density at radius 2 is 2.00 bits per heavy atom. The van der Waals surface area contributed by atoms with E-state index < -0.39 is 0 Å². The third-order valence-electron chi connectivity index (χ3n) is 3.93. The maximum atomic E-state index is 12.0. The molecule has 0 aliphatic carbocycles. The first-order valence-corrected chi connectivity index (χ1v) is 8.41. The number of carbonyl (C=O) groups excluding carboxylic acids is 1. The Morgan fingerprint density at radius 1 is 1.20 bits per heavy atom. The molecule has 1 atom stereocenters. The molecule has 2 N–H and O–H groups in total. The summed E-state index contributed by atoms with van der Waals surface area (Å²) in [5, 5.41) is 11.9. The van der Waals surface area contributed by atoms with E-state index in [9.17, 15) is 4.79 Å². The molecule has 1 aromatic heterocycles. The number of amides is 2. The fourth-order valence-electron chi connectivity index (χ4n) is 2.77. The van der Waals surface area contributed by atoms with Gasteiger partial charge in [-0.25, -0.2) is 4.79 Å². The van der Waals surface area contributed by atoms with Crippen molar-refractivity contribution in [2.24, 2.45) is 0 Å². The zero-order valence-corrected chi connectivity index (χ0v) is 14.5. The maximum Gasteiger partial charge on any atom is 0.315 e. The van der Waals surface area contributed by atoms with E-state index in [1.807, 2.05) is 19.1 Å². The highest BCUT2D eigenvalue weighted by atomic mass is 16.5.